The van der Waals surface area contributed by atoms with Crippen LogP contribution in [0.5, 0.6) is 0 Å². The van der Waals surface area contributed by atoms with Crippen molar-refractivity contribution in [2.24, 2.45) is 11.8 Å². The maximum Gasteiger partial charge on any atom is 0.212 e. The van der Waals surface area contributed by atoms with Crippen LogP contribution in [0, 0.1) is 11.8 Å². The van der Waals surface area contributed by atoms with Crippen LogP contribution < -0.4 is 4.72 Å². The van der Waals surface area contributed by atoms with Crippen LogP contribution >= 0.6 is 0 Å². The molecule has 1 fully saturated rings. The summed E-state index contributed by atoms with van der Waals surface area (Å²) in [6.45, 7) is 4.96. The summed E-state index contributed by atoms with van der Waals surface area (Å²) in [5.74, 6) is 0.240. The number of sulfonamides is 1. The lowest BCUT2D eigenvalue weighted by atomic mass is 10.1. The first-order chi connectivity index (χ1) is 7.41. The molecule has 0 amide bonds. The van der Waals surface area contributed by atoms with E-state index in [-0.39, 0.29) is 24.1 Å². The summed E-state index contributed by atoms with van der Waals surface area (Å²) in [4.78, 5) is 0. The maximum atomic E-state index is 11.6. The maximum absolute atomic E-state index is 11.6. The smallest absolute Gasteiger partial charge is 0.212 e. The van der Waals surface area contributed by atoms with Crippen LogP contribution in [-0.4, -0.2) is 45.1 Å². The first-order valence-electron chi connectivity index (χ1n) is 5.64. The van der Waals surface area contributed by atoms with E-state index in [1.807, 2.05) is 13.8 Å². The van der Waals surface area contributed by atoms with Crippen molar-refractivity contribution >= 4 is 10.0 Å². The minimum absolute atomic E-state index is 0.0533. The van der Waals surface area contributed by atoms with Gasteiger partial charge in [-0.3, -0.25) is 0 Å². The molecule has 0 aromatic carbocycles. The number of nitrogens with one attached hydrogen (secondary N) is 1. The van der Waals surface area contributed by atoms with Crippen LogP contribution in [0.25, 0.3) is 0 Å². The summed E-state index contributed by atoms with van der Waals surface area (Å²) >= 11 is 0. The Labute approximate surface area is 97.2 Å². The van der Waals surface area contributed by atoms with E-state index in [0.29, 0.717) is 13.2 Å². The molecule has 2 N–H and O–H groups in total. The number of hydrogen-bond donors (Lipinski definition) is 2. The second-order valence-corrected chi connectivity index (χ2v) is 6.52. The van der Waals surface area contributed by atoms with Gasteiger partial charge in [0.25, 0.3) is 0 Å². The number of aliphatic hydroxyl groups is 1. The third-order valence-electron chi connectivity index (χ3n) is 2.76. The monoisotopic (exact) mass is 251 g/mol. The molecule has 1 rings (SSSR count). The molecule has 1 aliphatic heterocycles. The lowest BCUT2D eigenvalue weighted by molar-refractivity contribution is 0.129. The fraction of sp³-hybridized carbons (Fsp3) is 1.00. The van der Waals surface area contributed by atoms with Crippen LogP contribution in [0.4, 0.5) is 0 Å². The van der Waals surface area contributed by atoms with Crippen LogP contribution in [-0.2, 0) is 14.8 Å². The molecule has 0 radical (unpaired) electrons. The zero-order valence-electron chi connectivity index (χ0n) is 9.85. The first-order valence-corrected chi connectivity index (χ1v) is 7.29. The molecule has 16 heavy (non-hydrogen) atoms. The van der Waals surface area contributed by atoms with Crippen LogP contribution in [0.15, 0.2) is 0 Å². The van der Waals surface area contributed by atoms with Gasteiger partial charge in [0.2, 0.25) is 10.0 Å². The summed E-state index contributed by atoms with van der Waals surface area (Å²) < 4.78 is 30.8. The average Bonchev–Trinajstić information content (AvgIpc) is 2.65. The lowest BCUT2D eigenvalue weighted by Gasteiger charge is -2.16. The van der Waals surface area contributed by atoms with Gasteiger partial charge in [0, 0.05) is 13.2 Å². The zero-order valence-corrected chi connectivity index (χ0v) is 10.7. The van der Waals surface area contributed by atoms with Gasteiger partial charge in [-0.25, -0.2) is 13.1 Å². The lowest BCUT2D eigenvalue weighted by Crippen LogP contribution is -2.37. The molecule has 0 bridgehead atoms. The highest BCUT2D eigenvalue weighted by molar-refractivity contribution is 7.89. The molecule has 0 spiro atoms. The largest absolute Gasteiger partial charge is 0.391 e. The molecule has 1 aliphatic rings. The molecule has 1 heterocycles. The van der Waals surface area contributed by atoms with Crippen LogP contribution in [0.1, 0.15) is 20.3 Å². The Bertz CT molecular complexity index is 296. The van der Waals surface area contributed by atoms with E-state index in [1.54, 1.807) is 0 Å². The molecule has 5 nitrogen and oxygen atoms in total. The Kier molecular flexibility index (Phi) is 5.17. The average molecular weight is 251 g/mol. The van der Waals surface area contributed by atoms with Gasteiger partial charge in [-0.15, -0.1) is 0 Å². The zero-order chi connectivity index (χ0) is 12.2. The highest BCUT2D eigenvalue weighted by atomic mass is 32.2. The summed E-state index contributed by atoms with van der Waals surface area (Å²) in [5, 5.41) is 9.50. The van der Waals surface area contributed by atoms with Crippen molar-refractivity contribution < 1.29 is 18.3 Å². The van der Waals surface area contributed by atoms with Gasteiger partial charge in [0.05, 0.1) is 18.5 Å². The Hall–Kier alpha value is -0.170. The quantitative estimate of drug-likeness (QED) is 0.694. The Morgan fingerprint density at radius 2 is 2.19 bits per heavy atom. The molecule has 96 valence electrons. The first kappa shape index (κ1) is 13.9. The Morgan fingerprint density at radius 1 is 1.50 bits per heavy atom. The molecule has 2 unspecified atom stereocenters. The van der Waals surface area contributed by atoms with Crippen molar-refractivity contribution in [2.45, 2.75) is 26.4 Å². The summed E-state index contributed by atoms with van der Waals surface area (Å²) in [7, 11) is -3.28. The predicted molar refractivity (Wildman–Crippen MR) is 61.6 cm³/mol. The Morgan fingerprint density at radius 3 is 2.69 bits per heavy atom. The van der Waals surface area contributed by atoms with Gasteiger partial charge >= 0.3 is 0 Å². The molecule has 0 aromatic heterocycles. The number of rotatable bonds is 6. The van der Waals surface area contributed by atoms with Gasteiger partial charge in [-0.05, 0) is 18.3 Å². The van der Waals surface area contributed by atoms with Crippen molar-refractivity contribution in [1.29, 1.82) is 0 Å². The summed E-state index contributed by atoms with van der Waals surface area (Å²) in [6, 6.07) is 0. The molecular weight excluding hydrogens is 230 g/mol. The second kappa shape index (κ2) is 5.95. The predicted octanol–water partition coefficient (Wildman–Crippen LogP) is -0.0408. The topological polar surface area (TPSA) is 75.6 Å². The molecule has 0 saturated carbocycles. The number of hydrogen-bond acceptors (Lipinski definition) is 4. The van der Waals surface area contributed by atoms with Crippen molar-refractivity contribution in [3.63, 3.8) is 0 Å². The van der Waals surface area contributed by atoms with Crippen molar-refractivity contribution in [3.05, 3.63) is 0 Å². The minimum Gasteiger partial charge on any atom is -0.391 e. The van der Waals surface area contributed by atoms with E-state index in [0.717, 1.165) is 6.42 Å². The molecule has 6 heteroatoms. The fourth-order valence-electron chi connectivity index (χ4n) is 1.53. The standard InChI is InChI=1S/C10H21NO4S/c1-8(2)10(12)5-11-16(13,14)7-9-3-4-15-6-9/h8-12H,3-7H2,1-2H3. The summed E-state index contributed by atoms with van der Waals surface area (Å²) in [6.07, 6.45) is 0.169. The van der Waals surface area contributed by atoms with E-state index < -0.39 is 16.1 Å². The van der Waals surface area contributed by atoms with Gasteiger partial charge < -0.3 is 9.84 Å². The molecule has 1 saturated heterocycles. The summed E-state index contributed by atoms with van der Waals surface area (Å²) in [5.41, 5.74) is 0. The van der Waals surface area contributed by atoms with E-state index in [4.69, 9.17) is 4.74 Å². The van der Waals surface area contributed by atoms with Crippen molar-refractivity contribution in [1.82, 2.24) is 4.72 Å². The van der Waals surface area contributed by atoms with Gasteiger partial charge in [0.15, 0.2) is 0 Å². The van der Waals surface area contributed by atoms with Crippen LogP contribution in [0.2, 0.25) is 0 Å². The molecule has 2 atom stereocenters. The fourth-order valence-corrected chi connectivity index (χ4v) is 2.96. The van der Waals surface area contributed by atoms with E-state index in [1.165, 1.54) is 0 Å². The minimum atomic E-state index is -3.28. The highest BCUT2D eigenvalue weighted by Gasteiger charge is 2.23. The van der Waals surface area contributed by atoms with Crippen LogP contribution in [0.3, 0.4) is 0 Å². The molecular formula is C10H21NO4S. The van der Waals surface area contributed by atoms with Gasteiger partial charge in [0.1, 0.15) is 0 Å². The molecule has 0 aliphatic carbocycles. The van der Waals surface area contributed by atoms with E-state index >= 15 is 0 Å². The Balaban J connectivity index is 2.33. The number of aliphatic hydroxyl groups excluding tert-OH is 1. The number of ether oxygens (including phenoxy) is 1. The van der Waals surface area contributed by atoms with E-state index in [9.17, 15) is 13.5 Å². The SMILES string of the molecule is CC(C)C(O)CNS(=O)(=O)CC1CCOC1. The third kappa shape index (κ3) is 4.78. The second-order valence-electron chi connectivity index (χ2n) is 4.67. The van der Waals surface area contributed by atoms with Gasteiger partial charge in [-0.1, -0.05) is 13.8 Å². The highest BCUT2D eigenvalue weighted by Crippen LogP contribution is 2.14. The third-order valence-corrected chi connectivity index (χ3v) is 4.28. The van der Waals surface area contributed by atoms with E-state index in [2.05, 4.69) is 4.72 Å². The van der Waals surface area contributed by atoms with Gasteiger partial charge in [-0.2, -0.15) is 0 Å². The van der Waals surface area contributed by atoms with Crippen molar-refractivity contribution in [2.75, 3.05) is 25.5 Å². The van der Waals surface area contributed by atoms with Crippen molar-refractivity contribution in [3.8, 4) is 0 Å². The molecule has 0 aromatic rings. The normalized spacial score (nSPS) is 23.9.